The molecule has 2 heterocycles. The first-order chi connectivity index (χ1) is 35.3. The molecule has 1 aliphatic carbocycles. The van der Waals surface area contributed by atoms with Crippen LogP contribution >= 0.6 is 0 Å². The number of hydrogen-bond donors (Lipinski definition) is 4. The zero-order chi connectivity index (χ0) is 54.0. The lowest BCUT2D eigenvalue weighted by molar-refractivity contribution is -0.141. The van der Waals surface area contributed by atoms with Crippen LogP contribution in [-0.2, 0) is 49.7 Å². The van der Waals surface area contributed by atoms with E-state index in [1.165, 1.54) is 28.4 Å². The number of Topliss-reactive ketones (excluding diaryl/α,β-unsaturated/α-hetero) is 4. The first kappa shape index (κ1) is 57.7. The molecule has 2 aromatic carbocycles. The molecule has 6 amide bonds. The molecule has 1 saturated heterocycles. The minimum atomic E-state index is -1.08. The lowest BCUT2D eigenvalue weighted by atomic mass is 9.74. The molecule has 6 atom stereocenters. The van der Waals surface area contributed by atoms with E-state index in [-0.39, 0.29) is 55.8 Å². The van der Waals surface area contributed by atoms with Crippen LogP contribution in [-0.4, -0.2) is 124 Å². The molecule has 0 unspecified atom stereocenters. The molecule has 5 rings (SSSR count). The average Bonchev–Trinajstić information content (AvgIpc) is 3.82. The summed E-state index contributed by atoms with van der Waals surface area (Å²) in [7, 11) is 3.10. The summed E-state index contributed by atoms with van der Waals surface area (Å²) >= 11 is 0. The predicted octanol–water partition coefficient (Wildman–Crippen LogP) is 4.89. The molecule has 0 bridgehead atoms. The first-order valence-corrected chi connectivity index (χ1v) is 25.5. The molecule has 0 spiro atoms. The van der Waals surface area contributed by atoms with E-state index in [9.17, 15) is 47.9 Å². The largest absolute Gasteiger partial charge is 0.445 e. The van der Waals surface area contributed by atoms with Crippen LogP contribution < -0.4 is 21.3 Å². The highest BCUT2D eigenvalue weighted by molar-refractivity contribution is 6.38. The molecule has 2 aliphatic rings. The van der Waals surface area contributed by atoms with Crippen LogP contribution in [0.25, 0.3) is 0 Å². The second-order valence-corrected chi connectivity index (χ2v) is 20.6. The number of nitrogens with zero attached hydrogens (tertiary/aromatic N) is 4. The second kappa shape index (κ2) is 27.8. The Hall–Kier alpha value is -7.18. The molecular weight excluding hydrogens is 949 g/mol. The van der Waals surface area contributed by atoms with Gasteiger partial charge in [-0.3, -0.25) is 48.1 Å². The van der Waals surface area contributed by atoms with E-state index in [4.69, 9.17) is 4.74 Å². The number of ether oxygens (including phenoxy) is 1. The maximum Gasteiger partial charge on any atom is 0.407 e. The van der Waals surface area contributed by atoms with Crippen LogP contribution in [0, 0.1) is 29.1 Å². The number of alkyl carbamates (subject to hydrolysis) is 1. The first-order valence-electron chi connectivity index (χ1n) is 25.5. The fourth-order valence-electron chi connectivity index (χ4n) is 9.55. The molecule has 0 radical (unpaired) electrons. The minimum absolute atomic E-state index is 0.0396. The van der Waals surface area contributed by atoms with E-state index in [0.717, 1.165) is 24.8 Å². The number of carbonyl (C=O) groups is 10. The van der Waals surface area contributed by atoms with Crippen molar-refractivity contribution in [3.05, 3.63) is 96.1 Å². The smallest absolute Gasteiger partial charge is 0.407 e. The van der Waals surface area contributed by atoms with Gasteiger partial charge in [0, 0.05) is 77.1 Å². The van der Waals surface area contributed by atoms with Crippen molar-refractivity contribution >= 4 is 58.8 Å². The van der Waals surface area contributed by atoms with Crippen LogP contribution in [0.4, 0.5) is 4.79 Å². The maximum atomic E-state index is 14.6. The molecular formula is C55H72N8O11. The Labute approximate surface area is 433 Å². The summed E-state index contributed by atoms with van der Waals surface area (Å²) in [5.41, 5.74) is 0.499. The highest BCUT2D eigenvalue weighted by Gasteiger charge is 2.45. The summed E-state index contributed by atoms with van der Waals surface area (Å²) in [5.74, 6) is -8.56. The van der Waals surface area contributed by atoms with Crippen molar-refractivity contribution in [2.45, 2.75) is 123 Å². The van der Waals surface area contributed by atoms with Crippen LogP contribution in [0.15, 0.2) is 79.3 Å². The second-order valence-electron chi connectivity index (χ2n) is 20.6. The number of carbonyl (C=O) groups excluding carboxylic acids is 10. The van der Waals surface area contributed by atoms with E-state index < -0.39 is 114 Å². The normalized spacial score (nSPS) is 17.4. The van der Waals surface area contributed by atoms with Crippen LogP contribution in [0.3, 0.4) is 0 Å². The number of ketones is 4. The third kappa shape index (κ3) is 16.9. The van der Waals surface area contributed by atoms with Gasteiger partial charge in [-0.05, 0) is 41.7 Å². The third-order valence-electron chi connectivity index (χ3n) is 13.8. The van der Waals surface area contributed by atoms with Gasteiger partial charge in [-0.2, -0.15) is 0 Å². The number of likely N-dealkylation sites (tertiary alicyclic amines) is 1. The molecule has 19 heteroatoms. The van der Waals surface area contributed by atoms with E-state index in [2.05, 4.69) is 31.2 Å². The van der Waals surface area contributed by atoms with Gasteiger partial charge in [0.05, 0.1) is 24.2 Å². The van der Waals surface area contributed by atoms with E-state index in [1.807, 2.05) is 6.07 Å². The Morgan fingerprint density at radius 1 is 0.824 bits per heavy atom. The number of rotatable bonds is 25. The Morgan fingerprint density at radius 2 is 1.50 bits per heavy atom. The van der Waals surface area contributed by atoms with Crippen molar-refractivity contribution in [1.29, 1.82) is 0 Å². The van der Waals surface area contributed by atoms with Crippen LogP contribution in [0.1, 0.15) is 126 Å². The Morgan fingerprint density at radius 3 is 2.12 bits per heavy atom. The van der Waals surface area contributed by atoms with Gasteiger partial charge in [-0.1, -0.05) is 114 Å². The van der Waals surface area contributed by atoms with Crippen molar-refractivity contribution in [2.24, 2.45) is 29.1 Å². The lowest BCUT2D eigenvalue weighted by Crippen LogP contribution is -2.51. The Kier molecular flexibility index (Phi) is 21.6. The summed E-state index contributed by atoms with van der Waals surface area (Å²) in [6.07, 6.45) is 6.48. The van der Waals surface area contributed by atoms with Crippen molar-refractivity contribution < 1.29 is 52.7 Å². The van der Waals surface area contributed by atoms with E-state index >= 15 is 0 Å². The molecule has 398 valence electrons. The predicted molar refractivity (Wildman–Crippen MR) is 272 cm³/mol. The van der Waals surface area contributed by atoms with Crippen molar-refractivity contribution in [1.82, 2.24) is 41.0 Å². The summed E-state index contributed by atoms with van der Waals surface area (Å²) in [5, 5.41) is 11.0. The van der Waals surface area contributed by atoms with Gasteiger partial charge in [0.1, 0.15) is 30.7 Å². The van der Waals surface area contributed by atoms with Crippen molar-refractivity contribution in [3.8, 4) is 0 Å². The number of likely N-dealkylation sites (N-methyl/N-ethyl adjacent to an activating group) is 1. The number of amides is 6. The van der Waals surface area contributed by atoms with Gasteiger partial charge in [-0.15, -0.1) is 0 Å². The number of benzene rings is 2. The van der Waals surface area contributed by atoms with Gasteiger partial charge in [-0.25, -0.2) is 9.78 Å². The quantitative estimate of drug-likeness (QED) is 0.0826. The molecule has 2 fully saturated rings. The van der Waals surface area contributed by atoms with Crippen LogP contribution in [0.2, 0.25) is 0 Å². The SMILES string of the molecule is CCC[C@H](CC(=O)[C@@H]1CN(C(=O)CNC(=O)OCc2ccccc2)C[C@@H]1NC(=O)[C@@H](CC(=O)[C@@H](NC(=O)c1cnccn1)C1CCCCC1)C(C)(C)C)C(=O)C(=O)CCC(=O)N[C@H](C(=O)N(C)C)c1ccccc1. The molecule has 1 aliphatic heterocycles. The van der Waals surface area contributed by atoms with Gasteiger partial charge in [0.2, 0.25) is 29.4 Å². The molecule has 1 aromatic heterocycles. The van der Waals surface area contributed by atoms with Crippen LogP contribution in [0.5, 0.6) is 0 Å². The molecule has 1 saturated carbocycles. The zero-order valence-corrected chi connectivity index (χ0v) is 43.4. The summed E-state index contributed by atoms with van der Waals surface area (Å²) in [4.78, 5) is 148. The van der Waals surface area contributed by atoms with E-state index in [0.29, 0.717) is 24.8 Å². The maximum absolute atomic E-state index is 14.6. The highest BCUT2D eigenvalue weighted by Crippen LogP contribution is 2.34. The van der Waals surface area contributed by atoms with E-state index in [1.54, 1.807) is 96.4 Å². The van der Waals surface area contributed by atoms with Crippen molar-refractivity contribution in [3.63, 3.8) is 0 Å². The number of aromatic nitrogens is 2. The summed E-state index contributed by atoms with van der Waals surface area (Å²) < 4.78 is 5.27. The fraction of sp³-hybridized carbons (Fsp3) is 0.527. The third-order valence-corrected chi connectivity index (χ3v) is 13.8. The average molecular weight is 1020 g/mol. The Balaban J connectivity index is 1.32. The summed E-state index contributed by atoms with van der Waals surface area (Å²) in [6, 6.07) is 14.6. The van der Waals surface area contributed by atoms with Gasteiger partial charge < -0.3 is 35.8 Å². The molecule has 74 heavy (non-hydrogen) atoms. The molecule has 19 nitrogen and oxygen atoms in total. The van der Waals surface area contributed by atoms with Gasteiger partial charge >= 0.3 is 6.09 Å². The summed E-state index contributed by atoms with van der Waals surface area (Å²) in [6.45, 7) is 6.32. The highest BCUT2D eigenvalue weighted by atomic mass is 16.5. The topological polar surface area (TPSA) is 260 Å². The monoisotopic (exact) mass is 1020 g/mol. The van der Waals surface area contributed by atoms with Gasteiger partial charge in [0.25, 0.3) is 5.91 Å². The molecule has 3 aromatic rings. The van der Waals surface area contributed by atoms with Gasteiger partial charge in [0.15, 0.2) is 11.6 Å². The standard InChI is InChI=1S/C55H72N8O11/c1-7-17-38(50(69)43(64)24-25-46(67)60-49(53(72)62(5)6)37-22-15-10-16-23-37)28-44(65)39-32-63(47(68)31-58-54(73)74-34-35-18-11-8-12-19-35)33-42(39)59-51(70)40(55(2,3)4)29-45(66)48(36-20-13-9-14-21-36)61-52(71)41-30-56-26-27-57-41/h8,10-12,15-16,18-19,22-23,26-27,30,36,38-40,42,48-49H,7,9,13-14,17,20-21,24-25,28-29,31-34H2,1-6H3,(H,58,73)(H,59,70)(H,60,67)(H,61,71)/t38-,39-,40-,42+,48+,49+/m1/s1. The molecule has 4 N–H and O–H groups in total. The van der Waals surface area contributed by atoms with Crippen molar-refractivity contribution in [2.75, 3.05) is 33.7 Å². The number of hydrogen-bond acceptors (Lipinski definition) is 13. The fourth-order valence-corrected chi connectivity index (χ4v) is 9.55. The lowest BCUT2D eigenvalue weighted by Gasteiger charge is -2.34. The minimum Gasteiger partial charge on any atom is -0.445 e. The number of nitrogens with one attached hydrogen (secondary N) is 4. The zero-order valence-electron chi connectivity index (χ0n) is 43.4. The Bertz CT molecular complexity index is 2440.